The topological polar surface area (TPSA) is 44.9 Å². The average molecular weight is 389 g/mol. The lowest BCUT2D eigenvalue weighted by Gasteiger charge is -2.24. The van der Waals surface area contributed by atoms with Gasteiger partial charge in [-0.3, -0.25) is 0 Å². The molecule has 2 aromatic carbocycles. The van der Waals surface area contributed by atoms with Crippen molar-refractivity contribution in [3.63, 3.8) is 0 Å². The molecule has 28 heavy (non-hydrogen) atoms. The van der Waals surface area contributed by atoms with Crippen molar-refractivity contribution >= 4 is 11.5 Å². The van der Waals surface area contributed by atoms with Crippen LogP contribution >= 0.6 is 0 Å². The van der Waals surface area contributed by atoms with Gasteiger partial charge in [-0.05, 0) is 61.4 Å². The molecular weight excluding hydrogens is 366 g/mol. The molecule has 0 radical (unpaired) electrons. The predicted molar refractivity (Wildman–Crippen MR) is 101 cm³/mol. The molecule has 148 valence electrons. The highest BCUT2D eigenvalue weighted by molar-refractivity contribution is 5.96. The minimum atomic E-state index is -2.87. The number of rotatable bonds is 5. The standard InChI is InChI=1S/C21H23F2N2O3/c1-27-17-11-7-16(8-12-17)24-14-21(26,25-13-3-2-4-19(24)25)15-5-9-18(10-6-15)28-20(22)23/h5-12,20,26H,2-4,13-14H2,1H3/q+1/t21-/m0/s1. The number of β-amino-alcohol motifs (C(OH)–C–C–N with tert-alkyl or cyclic N) is 1. The highest BCUT2D eigenvalue weighted by atomic mass is 19.3. The highest BCUT2D eigenvalue weighted by Gasteiger charge is 2.52. The lowest BCUT2D eigenvalue weighted by molar-refractivity contribution is -0.661. The number of hydrogen-bond donors (Lipinski definition) is 1. The molecule has 1 atom stereocenters. The molecular formula is C21H23F2N2O3+. The second kappa shape index (κ2) is 7.39. The summed E-state index contributed by atoms with van der Waals surface area (Å²) >= 11 is 0. The summed E-state index contributed by atoms with van der Waals surface area (Å²) in [6, 6.07) is 14.0. The summed E-state index contributed by atoms with van der Waals surface area (Å²) in [5.41, 5.74) is 0.416. The fraction of sp³-hybridized carbons (Fsp3) is 0.381. The first-order chi connectivity index (χ1) is 13.5. The Balaban J connectivity index is 1.68. The first-order valence-electron chi connectivity index (χ1n) is 9.34. The van der Waals surface area contributed by atoms with Gasteiger partial charge < -0.3 is 14.6 Å². The van der Waals surface area contributed by atoms with E-state index in [4.69, 9.17) is 4.74 Å². The van der Waals surface area contributed by atoms with Crippen LogP contribution < -0.4 is 14.4 Å². The van der Waals surface area contributed by atoms with Crippen LogP contribution in [0.5, 0.6) is 11.5 Å². The van der Waals surface area contributed by atoms with Crippen LogP contribution in [-0.4, -0.2) is 42.3 Å². The van der Waals surface area contributed by atoms with Gasteiger partial charge in [0.1, 0.15) is 17.2 Å². The zero-order valence-corrected chi connectivity index (χ0v) is 15.6. The van der Waals surface area contributed by atoms with E-state index in [0.717, 1.165) is 43.1 Å². The third-order valence-electron chi connectivity index (χ3n) is 5.41. The summed E-state index contributed by atoms with van der Waals surface area (Å²) in [5.74, 6) is 1.93. The van der Waals surface area contributed by atoms with Crippen molar-refractivity contribution < 1.29 is 27.9 Å². The van der Waals surface area contributed by atoms with E-state index in [1.807, 2.05) is 28.8 Å². The van der Waals surface area contributed by atoms with Crippen LogP contribution in [0.1, 0.15) is 24.8 Å². The molecule has 2 heterocycles. The van der Waals surface area contributed by atoms with Crippen LogP contribution in [0.25, 0.3) is 0 Å². The summed E-state index contributed by atoms with van der Waals surface area (Å²) in [4.78, 5) is 2.13. The van der Waals surface area contributed by atoms with Gasteiger partial charge in [-0.15, -0.1) is 0 Å². The molecule has 0 spiro atoms. The quantitative estimate of drug-likeness (QED) is 0.795. The van der Waals surface area contributed by atoms with E-state index in [2.05, 4.69) is 9.64 Å². The van der Waals surface area contributed by atoms with Crippen LogP contribution in [0.15, 0.2) is 48.5 Å². The number of aliphatic hydroxyl groups is 1. The monoisotopic (exact) mass is 389 g/mol. The number of alkyl halides is 2. The van der Waals surface area contributed by atoms with Gasteiger partial charge in [0.25, 0.3) is 11.6 Å². The molecule has 1 N–H and O–H groups in total. The molecule has 2 aliphatic rings. The number of ether oxygens (including phenoxy) is 2. The summed E-state index contributed by atoms with van der Waals surface area (Å²) in [7, 11) is 1.63. The lowest BCUT2D eigenvalue weighted by atomic mass is 10.0. The molecule has 7 heteroatoms. The molecule has 0 fully saturated rings. The van der Waals surface area contributed by atoms with Crippen molar-refractivity contribution in [2.24, 2.45) is 0 Å². The van der Waals surface area contributed by atoms with Gasteiger partial charge in [-0.2, -0.15) is 8.78 Å². The van der Waals surface area contributed by atoms with Crippen molar-refractivity contribution in [2.75, 3.05) is 25.1 Å². The Labute approximate surface area is 162 Å². The van der Waals surface area contributed by atoms with E-state index in [1.54, 1.807) is 19.2 Å². The largest absolute Gasteiger partial charge is 0.497 e. The maximum Gasteiger partial charge on any atom is 0.387 e. The number of anilines is 1. The number of hydrogen-bond acceptors (Lipinski definition) is 4. The third kappa shape index (κ3) is 3.30. The van der Waals surface area contributed by atoms with Gasteiger partial charge >= 0.3 is 6.61 Å². The minimum absolute atomic E-state index is 0.0789. The molecule has 5 nitrogen and oxygen atoms in total. The lowest BCUT2D eigenvalue weighted by Crippen LogP contribution is -2.41. The Morgan fingerprint density at radius 3 is 2.36 bits per heavy atom. The van der Waals surface area contributed by atoms with Gasteiger partial charge in [0.15, 0.2) is 6.54 Å². The second-order valence-corrected chi connectivity index (χ2v) is 7.03. The molecule has 4 rings (SSSR count). The zero-order valence-electron chi connectivity index (χ0n) is 15.6. The van der Waals surface area contributed by atoms with E-state index in [0.29, 0.717) is 12.1 Å². The summed E-state index contributed by atoms with van der Waals surface area (Å²) in [6.07, 6.45) is 2.94. The Bertz CT molecular complexity index is 868. The molecule has 0 saturated carbocycles. The maximum absolute atomic E-state index is 12.4. The van der Waals surface area contributed by atoms with Gasteiger partial charge in [0.05, 0.1) is 13.7 Å². The Morgan fingerprint density at radius 1 is 1.04 bits per heavy atom. The Morgan fingerprint density at radius 2 is 1.71 bits per heavy atom. The minimum Gasteiger partial charge on any atom is -0.497 e. The normalized spacial score (nSPS) is 21.8. The van der Waals surface area contributed by atoms with E-state index < -0.39 is 12.3 Å². The average Bonchev–Trinajstić information content (AvgIpc) is 3.02. The number of halogens is 2. The Hall–Kier alpha value is -2.67. The van der Waals surface area contributed by atoms with Crippen LogP contribution in [0.2, 0.25) is 0 Å². The fourth-order valence-electron chi connectivity index (χ4n) is 4.05. The maximum atomic E-state index is 12.4. The molecule has 2 aromatic rings. The zero-order chi connectivity index (χ0) is 19.7. The van der Waals surface area contributed by atoms with Gasteiger partial charge in [0, 0.05) is 12.0 Å². The molecule has 0 amide bonds. The van der Waals surface area contributed by atoms with Crippen LogP contribution in [-0.2, 0) is 5.72 Å². The van der Waals surface area contributed by atoms with Crippen molar-refractivity contribution in [3.05, 3.63) is 54.1 Å². The molecule has 0 bridgehead atoms. The number of benzene rings is 2. The smallest absolute Gasteiger partial charge is 0.387 e. The predicted octanol–water partition coefficient (Wildman–Crippen LogP) is 3.56. The van der Waals surface area contributed by atoms with E-state index in [-0.39, 0.29) is 5.75 Å². The summed E-state index contributed by atoms with van der Waals surface area (Å²) < 4.78 is 36.5. The molecule has 0 saturated heterocycles. The van der Waals surface area contributed by atoms with E-state index in [9.17, 15) is 13.9 Å². The van der Waals surface area contributed by atoms with Gasteiger partial charge in [-0.25, -0.2) is 9.48 Å². The van der Waals surface area contributed by atoms with Crippen molar-refractivity contribution in [2.45, 2.75) is 31.6 Å². The number of nitrogens with zero attached hydrogens (tertiary/aromatic N) is 2. The van der Waals surface area contributed by atoms with Crippen molar-refractivity contribution in [3.8, 4) is 11.5 Å². The molecule has 0 aliphatic carbocycles. The summed E-state index contributed by atoms with van der Waals surface area (Å²) in [5, 5.41) is 11.6. The fourth-order valence-corrected chi connectivity index (χ4v) is 4.05. The van der Waals surface area contributed by atoms with Crippen LogP contribution in [0.4, 0.5) is 14.5 Å². The van der Waals surface area contributed by atoms with E-state index >= 15 is 0 Å². The Kier molecular flexibility index (Phi) is 4.93. The van der Waals surface area contributed by atoms with Crippen LogP contribution in [0, 0.1) is 0 Å². The van der Waals surface area contributed by atoms with Gasteiger partial charge in [-0.1, -0.05) is 0 Å². The summed E-state index contributed by atoms with van der Waals surface area (Å²) in [6.45, 7) is -1.76. The van der Waals surface area contributed by atoms with Crippen molar-refractivity contribution in [1.82, 2.24) is 0 Å². The third-order valence-corrected chi connectivity index (χ3v) is 5.41. The molecule has 0 aromatic heterocycles. The highest BCUT2D eigenvalue weighted by Crippen LogP contribution is 2.36. The van der Waals surface area contributed by atoms with Crippen molar-refractivity contribution in [1.29, 1.82) is 0 Å². The number of amidine groups is 1. The first-order valence-corrected chi connectivity index (χ1v) is 9.34. The van der Waals surface area contributed by atoms with Crippen LogP contribution in [0.3, 0.4) is 0 Å². The molecule has 0 unspecified atom stereocenters. The first kappa shape index (κ1) is 18.7. The molecule has 2 aliphatic heterocycles. The SMILES string of the molecule is COc1ccc(N2C[C@](O)(c3ccc(OC(F)F)cc3)[N+]3=C2CCCC3)cc1. The number of methoxy groups -OCH3 is 1. The van der Waals surface area contributed by atoms with E-state index in [1.165, 1.54) is 12.1 Å². The van der Waals surface area contributed by atoms with Gasteiger partial charge in [0.2, 0.25) is 0 Å². The second-order valence-electron chi connectivity index (χ2n) is 7.03.